The monoisotopic (exact) mass is 488 g/mol. The number of hydrogen-bond donors (Lipinski definition) is 3. The molecule has 0 bridgehead atoms. The summed E-state index contributed by atoms with van der Waals surface area (Å²) < 4.78 is 10.6. The molecule has 170 valence electrons. The lowest BCUT2D eigenvalue weighted by Crippen LogP contribution is -2.02. The van der Waals surface area contributed by atoms with Gasteiger partial charge in [-0.05, 0) is 12.1 Å². The van der Waals surface area contributed by atoms with E-state index >= 15 is 0 Å². The van der Waals surface area contributed by atoms with E-state index in [4.69, 9.17) is 38.4 Å². The van der Waals surface area contributed by atoms with Crippen molar-refractivity contribution in [1.82, 2.24) is 15.0 Å². The highest BCUT2D eigenvalue weighted by Crippen LogP contribution is 2.47. The highest BCUT2D eigenvalue weighted by molar-refractivity contribution is 6.41. The minimum Gasteiger partial charge on any atom is -0.495 e. The van der Waals surface area contributed by atoms with Gasteiger partial charge < -0.3 is 25.3 Å². The fourth-order valence-electron chi connectivity index (χ4n) is 2.98. The van der Waals surface area contributed by atoms with Gasteiger partial charge in [-0.2, -0.15) is 0 Å². The number of aromatic carboxylic acids is 1. The van der Waals surface area contributed by atoms with Crippen molar-refractivity contribution < 1.29 is 19.4 Å². The molecule has 0 aliphatic rings. The van der Waals surface area contributed by atoms with Gasteiger partial charge in [0, 0.05) is 47.5 Å². The normalized spacial score (nSPS) is 10.3. The molecule has 0 radical (unpaired) electrons. The Morgan fingerprint density at radius 3 is 2.09 bits per heavy atom. The molecular weight excluding hydrogens is 471 g/mol. The van der Waals surface area contributed by atoms with Gasteiger partial charge in [-0.15, -0.1) is 0 Å². The summed E-state index contributed by atoms with van der Waals surface area (Å²) in [6.07, 6.45) is 4.35. The number of nitrogens with zero attached hydrogens (tertiary/aromatic N) is 2. The van der Waals surface area contributed by atoms with Crippen LogP contribution in [0.5, 0.6) is 11.5 Å². The second kappa shape index (κ2) is 10.2. The SMILES string of the molecule is COc1cc(OC)c(Cl)c(-c2ccc(C(=O)O)c3nccnc23)c1Cl.Nc1ccc(=O)[nH]c1. The zero-order valence-corrected chi connectivity index (χ0v) is 18.9. The van der Waals surface area contributed by atoms with Gasteiger partial charge in [0.05, 0.1) is 35.3 Å². The van der Waals surface area contributed by atoms with Crippen molar-refractivity contribution in [2.45, 2.75) is 0 Å². The number of ether oxygens (including phenoxy) is 2. The summed E-state index contributed by atoms with van der Waals surface area (Å²) in [4.78, 5) is 32.6. The first-order valence-corrected chi connectivity index (χ1v) is 10.1. The number of aromatic nitrogens is 3. The van der Waals surface area contributed by atoms with Crippen molar-refractivity contribution in [1.29, 1.82) is 0 Å². The maximum Gasteiger partial charge on any atom is 0.337 e. The third-order valence-corrected chi connectivity index (χ3v) is 5.26. The number of carbonyl (C=O) groups is 1. The van der Waals surface area contributed by atoms with E-state index in [2.05, 4.69) is 15.0 Å². The van der Waals surface area contributed by atoms with Gasteiger partial charge in [0.2, 0.25) is 5.56 Å². The molecule has 4 rings (SSSR count). The molecule has 0 aliphatic carbocycles. The first-order chi connectivity index (χ1) is 15.8. The van der Waals surface area contributed by atoms with Crippen molar-refractivity contribution in [3.63, 3.8) is 0 Å². The van der Waals surface area contributed by atoms with Crippen molar-refractivity contribution in [3.8, 4) is 22.6 Å². The molecule has 33 heavy (non-hydrogen) atoms. The molecule has 0 unspecified atom stereocenters. The van der Waals surface area contributed by atoms with Gasteiger partial charge in [-0.1, -0.05) is 29.3 Å². The highest BCUT2D eigenvalue weighted by atomic mass is 35.5. The van der Waals surface area contributed by atoms with Gasteiger partial charge in [0.15, 0.2) is 0 Å². The molecule has 9 nitrogen and oxygen atoms in total. The first kappa shape index (κ1) is 23.8. The summed E-state index contributed by atoms with van der Waals surface area (Å²) in [5.74, 6) is -0.355. The van der Waals surface area contributed by atoms with Crippen LogP contribution in [0.4, 0.5) is 5.69 Å². The van der Waals surface area contributed by atoms with Gasteiger partial charge in [-0.3, -0.25) is 14.8 Å². The maximum absolute atomic E-state index is 11.4. The van der Waals surface area contributed by atoms with Crippen LogP contribution in [0.3, 0.4) is 0 Å². The topological polar surface area (TPSA) is 140 Å². The molecule has 0 aliphatic heterocycles. The summed E-state index contributed by atoms with van der Waals surface area (Å²) in [5, 5.41) is 9.89. The van der Waals surface area contributed by atoms with E-state index in [0.717, 1.165) is 0 Å². The van der Waals surface area contributed by atoms with E-state index < -0.39 is 5.97 Å². The Morgan fingerprint density at radius 2 is 1.61 bits per heavy atom. The van der Waals surface area contributed by atoms with E-state index in [1.807, 2.05) is 0 Å². The summed E-state index contributed by atoms with van der Waals surface area (Å²) in [6.45, 7) is 0. The van der Waals surface area contributed by atoms with Gasteiger partial charge >= 0.3 is 5.97 Å². The van der Waals surface area contributed by atoms with E-state index in [1.54, 1.807) is 18.2 Å². The Morgan fingerprint density at radius 1 is 1.00 bits per heavy atom. The van der Waals surface area contributed by atoms with Gasteiger partial charge in [-0.25, -0.2) is 4.79 Å². The van der Waals surface area contributed by atoms with Crippen LogP contribution in [-0.4, -0.2) is 40.2 Å². The number of carboxylic acids is 1. The smallest absolute Gasteiger partial charge is 0.337 e. The Kier molecular flexibility index (Phi) is 7.37. The number of benzene rings is 2. The number of halogens is 2. The molecule has 4 N–H and O–H groups in total. The third kappa shape index (κ3) is 5.00. The summed E-state index contributed by atoms with van der Waals surface area (Å²) >= 11 is 12.9. The van der Waals surface area contributed by atoms with Crippen LogP contribution in [0.15, 0.2) is 53.7 Å². The summed E-state index contributed by atoms with van der Waals surface area (Å²) in [6, 6.07) is 7.54. The molecule has 0 atom stereocenters. The van der Waals surface area contributed by atoms with E-state index in [0.29, 0.717) is 33.8 Å². The van der Waals surface area contributed by atoms with Crippen LogP contribution in [0, 0.1) is 0 Å². The fraction of sp³-hybridized carbons (Fsp3) is 0.0909. The van der Waals surface area contributed by atoms with Crippen LogP contribution in [0.2, 0.25) is 10.0 Å². The third-order valence-electron chi connectivity index (χ3n) is 4.51. The number of aromatic amines is 1. The van der Waals surface area contributed by atoms with E-state index in [1.165, 1.54) is 44.9 Å². The van der Waals surface area contributed by atoms with Crippen LogP contribution >= 0.6 is 23.2 Å². The van der Waals surface area contributed by atoms with Crippen LogP contribution in [0.1, 0.15) is 10.4 Å². The number of fused-ring (bicyclic) bond motifs is 1. The lowest BCUT2D eigenvalue weighted by atomic mass is 10.00. The lowest BCUT2D eigenvalue weighted by molar-refractivity contribution is 0.0699. The van der Waals surface area contributed by atoms with E-state index in [-0.39, 0.29) is 26.7 Å². The molecule has 4 aromatic rings. The quantitative estimate of drug-likeness (QED) is 0.386. The molecule has 0 spiro atoms. The van der Waals surface area contributed by atoms with Crippen molar-refractivity contribution in [3.05, 3.63) is 74.9 Å². The van der Waals surface area contributed by atoms with Crippen molar-refractivity contribution in [2.24, 2.45) is 0 Å². The number of methoxy groups -OCH3 is 2. The van der Waals surface area contributed by atoms with Crippen LogP contribution in [-0.2, 0) is 0 Å². The average molecular weight is 489 g/mol. The predicted molar refractivity (Wildman–Crippen MR) is 127 cm³/mol. The highest BCUT2D eigenvalue weighted by Gasteiger charge is 2.22. The lowest BCUT2D eigenvalue weighted by Gasteiger charge is -2.16. The molecule has 2 aromatic heterocycles. The van der Waals surface area contributed by atoms with Gasteiger partial charge in [0.1, 0.15) is 17.0 Å². The molecule has 0 saturated carbocycles. The number of pyridine rings is 1. The van der Waals surface area contributed by atoms with Crippen molar-refractivity contribution >= 4 is 45.9 Å². The zero-order valence-electron chi connectivity index (χ0n) is 17.4. The molecule has 11 heteroatoms. The van der Waals surface area contributed by atoms with Crippen molar-refractivity contribution in [2.75, 3.05) is 20.0 Å². The Hall–Kier alpha value is -3.82. The molecule has 0 fully saturated rings. The number of nitrogens with one attached hydrogen (secondary N) is 1. The number of anilines is 1. The average Bonchev–Trinajstić information content (AvgIpc) is 2.81. The minimum absolute atomic E-state index is 0.0361. The largest absolute Gasteiger partial charge is 0.495 e. The number of H-pyrrole nitrogens is 1. The maximum atomic E-state index is 11.4. The van der Waals surface area contributed by atoms with Crippen LogP contribution < -0.4 is 20.8 Å². The second-order valence-electron chi connectivity index (χ2n) is 6.49. The summed E-state index contributed by atoms with van der Waals surface area (Å²) in [5.41, 5.74) is 7.30. The first-order valence-electron chi connectivity index (χ1n) is 9.30. The number of carboxylic acid groups (broad SMARTS) is 1. The molecule has 2 heterocycles. The minimum atomic E-state index is -1.10. The number of hydrogen-bond acceptors (Lipinski definition) is 7. The molecular formula is C22H18Cl2N4O5. The fourth-order valence-corrected chi connectivity index (χ4v) is 3.68. The molecule has 0 saturated heterocycles. The Balaban J connectivity index is 0.000000323. The molecule has 2 aromatic carbocycles. The number of rotatable bonds is 4. The summed E-state index contributed by atoms with van der Waals surface area (Å²) in [7, 11) is 2.95. The Bertz CT molecular complexity index is 1340. The Labute approximate surface area is 197 Å². The molecule has 0 amide bonds. The number of nitrogen functional groups attached to an aromatic ring is 1. The van der Waals surface area contributed by atoms with Gasteiger partial charge in [0.25, 0.3) is 0 Å². The zero-order chi connectivity index (χ0) is 24.1. The van der Waals surface area contributed by atoms with E-state index in [9.17, 15) is 14.7 Å². The van der Waals surface area contributed by atoms with Crippen LogP contribution in [0.25, 0.3) is 22.2 Å². The predicted octanol–water partition coefficient (Wildman–Crippen LogP) is 4.28. The number of nitrogens with two attached hydrogens (primary N) is 1. The standard InChI is InChI=1S/C17H12Cl2N2O4.C5H6N2O/c1-24-10-7-11(25-2)14(19)12(13(10)18)8-3-4-9(17(22)23)16-15(8)20-5-6-21-16;6-4-1-2-5(8)7-3-4/h3-7H,1-2H3,(H,22,23);1-3H,6H2,(H,7,8). The second-order valence-corrected chi connectivity index (χ2v) is 7.25.